The Morgan fingerprint density at radius 1 is 1.22 bits per heavy atom. The van der Waals surface area contributed by atoms with E-state index >= 15 is 0 Å². The van der Waals surface area contributed by atoms with E-state index in [4.69, 9.17) is 14.2 Å². The molecule has 0 spiro atoms. The lowest BCUT2D eigenvalue weighted by atomic mass is 10.2. The molecule has 0 aromatic carbocycles. The summed E-state index contributed by atoms with van der Waals surface area (Å²) in [5.41, 5.74) is -0.393. The van der Waals surface area contributed by atoms with Crippen LogP contribution in [0.4, 0.5) is 18.0 Å². The molecular weight excluding hydrogens is 547 g/mol. The fourth-order valence-corrected chi connectivity index (χ4v) is 2.98. The first kappa shape index (κ1) is 30.8. The predicted molar refractivity (Wildman–Crippen MR) is 131 cm³/mol. The van der Waals surface area contributed by atoms with Gasteiger partial charge < -0.3 is 19.2 Å². The summed E-state index contributed by atoms with van der Waals surface area (Å²) in [7, 11) is 1.36. The molecule has 3 heterocycles. The second kappa shape index (κ2) is 15.7. The van der Waals surface area contributed by atoms with E-state index in [1.807, 2.05) is 24.5 Å². The number of rotatable bonds is 5. The summed E-state index contributed by atoms with van der Waals surface area (Å²) >= 11 is 3.06. The molecule has 8 nitrogen and oxygen atoms in total. The number of hydrogen-bond donors (Lipinski definition) is 1. The van der Waals surface area contributed by atoms with Crippen molar-refractivity contribution < 1.29 is 37.0 Å². The number of H-pyrrole nitrogens is 1. The Kier molecular flexibility index (Phi) is 13.4. The smallest absolute Gasteiger partial charge is 0.417 e. The second-order valence-electron chi connectivity index (χ2n) is 7.17. The van der Waals surface area contributed by atoms with Crippen LogP contribution in [0, 0.1) is 0 Å². The lowest BCUT2D eigenvalue weighted by molar-refractivity contribution is -0.150. The number of alkyl halides is 4. The van der Waals surface area contributed by atoms with E-state index in [0.29, 0.717) is 5.56 Å². The zero-order valence-corrected chi connectivity index (χ0v) is 21.9. The molecule has 0 radical (unpaired) electrons. The van der Waals surface area contributed by atoms with Crippen molar-refractivity contribution >= 4 is 28.0 Å². The van der Waals surface area contributed by atoms with Crippen LogP contribution in [-0.4, -0.2) is 52.8 Å². The third-order valence-electron chi connectivity index (χ3n) is 4.11. The minimum atomic E-state index is -4.36. The highest BCUT2D eigenvalue weighted by Crippen LogP contribution is 2.31. The Morgan fingerprint density at radius 3 is 2.36 bits per heavy atom. The third kappa shape index (κ3) is 10.5. The van der Waals surface area contributed by atoms with Gasteiger partial charge in [0.05, 0.1) is 25.4 Å². The standard InChI is InChI=1S/C12H17NO4.C8H7BrF3NO.C4H5N/c1-4-16-12(15)13-8-6-5-7-10(13)11(14)17-9(2)3;1-14-7-5(3-9)2-6(4-13-7)8(10,11)12;1-2-4-5-3-1/h5-10H,4H2,1-3H3;2,4H,3H2,1H3;1-5H. The van der Waals surface area contributed by atoms with Gasteiger partial charge in [0, 0.05) is 35.7 Å². The van der Waals surface area contributed by atoms with Crippen molar-refractivity contribution in [1.29, 1.82) is 0 Å². The summed E-state index contributed by atoms with van der Waals surface area (Å²) in [4.78, 5) is 31.0. The summed E-state index contributed by atoms with van der Waals surface area (Å²) < 4.78 is 51.5. The molecule has 198 valence electrons. The topological polar surface area (TPSA) is 93.8 Å². The van der Waals surface area contributed by atoms with E-state index in [9.17, 15) is 22.8 Å². The number of nitrogens with one attached hydrogen (secondary N) is 1. The van der Waals surface area contributed by atoms with Gasteiger partial charge in [-0.2, -0.15) is 13.2 Å². The van der Waals surface area contributed by atoms with Gasteiger partial charge >= 0.3 is 18.2 Å². The van der Waals surface area contributed by atoms with Crippen LogP contribution in [-0.2, 0) is 25.8 Å². The molecule has 1 atom stereocenters. The molecule has 0 saturated carbocycles. The van der Waals surface area contributed by atoms with Gasteiger partial charge in [-0.3, -0.25) is 4.90 Å². The maximum Gasteiger partial charge on any atom is 0.417 e. The highest BCUT2D eigenvalue weighted by Gasteiger charge is 2.32. The zero-order chi connectivity index (χ0) is 27.1. The number of halogens is 4. The molecule has 3 rings (SSSR count). The first-order chi connectivity index (χ1) is 17.0. The van der Waals surface area contributed by atoms with Crippen molar-refractivity contribution in [2.75, 3.05) is 13.7 Å². The number of pyridine rings is 1. The molecule has 0 bridgehead atoms. The molecular formula is C24H29BrF3N3O5. The molecule has 1 aliphatic heterocycles. The van der Waals surface area contributed by atoms with Gasteiger partial charge in [0.1, 0.15) is 0 Å². The molecule has 12 heteroatoms. The van der Waals surface area contributed by atoms with Crippen LogP contribution in [0.1, 0.15) is 31.9 Å². The predicted octanol–water partition coefficient (Wildman–Crippen LogP) is 5.87. The van der Waals surface area contributed by atoms with Crippen molar-refractivity contribution in [3.63, 3.8) is 0 Å². The normalized spacial score (nSPS) is 14.2. The van der Waals surface area contributed by atoms with E-state index in [2.05, 4.69) is 25.9 Å². The van der Waals surface area contributed by atoms with E-state index < -0.39 is 29.8 Å². The first-order valence-corrected chi connectivity index (χ1v) is 11.9. The van der Waals surface area contributed by atoms with Crippen LogP contribution in [0.15, 0.2) is 61.2 Å². The summed E-state index contributed by atoms with van der Waals surface area (Å²) in [5, 5.41) is 0.271. The maximum atomic E-state index is 12.2. The number of ether oxygens (including phenoxy) is 3. The number of allylic oxidation sites excluding steroid dienone is 2. The van der Waals surface area contributed by atoms with Gasteiger partial charge in [-0.15, -0.1) is 0 Å². The molecule has 2 aromatic heterocycles. The molecule has 1 N–H and O–H groups in total. The van der Waals surface area contributed by atoms with Gasteiger partial charge in [-0.05, 0) is 45.0 Å². The average Bonchev–Trinajstić information content (AvgIpc) is 3.43. The Morgan fingerprint density at radius 2 is 1.89 bits per heavy atom. The molecule has 1 unspecified atom stereocenters. The van der Waals surface area contributed by atoms with Gasteiger partial charge in [0.2, 0.25) is 5.88 Å². The average molecular weight is 576 g/mol. The van der Waals surface area contributed by atoms with Crippen LogP contribution in [0.2, 0.25) is 0 Å². The van der Waals surface area contributed by atoms with Crippen LogP contribution >= 0.6 is 15.9 Å². The lowest BCUT2D eigenvalue weighted by Gasteiger charge is -2.26. The van der Waals surface area contributed by atoms with Crippen molar-refractivity contribution in [2.45, 2.75) is 44.4 Å². The molecule has 0 fully saturated rings. The zero-order valence-electron chi connectivity index (χ0n) is 20.3. The largest absolute Gasteiger partial charge is 0.481 e. The number of carbonyl (C=O) groups is 2. The van der Waals surface area contributed by atoms with Crippen LogP contribution < -0.4 is 4.74 Å². The number of nitrogens with zero attached hydrogens (tertiary/aromatic N) is 2. The SMILES string of the molecule is CCOC(=O)N1C=CC=CC1C(=O)OC(C)C.COc1ncc(C(F)(F)F)cc1CBr.c1cc[nH]c1. The Hall–Kier alpha value is -3.28. The maximum absolute atomic E-state index is 12.2. The van der Waals surface area contributed by atoms with Crippen molar-refractivity contribution in [3.8, 4) is 5.88 Å². The minimum absolute atomic E-state index is 0.204. The molecule has 2 aromatic rings. The molecule has 0 aliphatic carbocycles. The Labute approximate surface area is 216 Å². The van der Waals surface area contributed by atoms with Crippen LogP contribution in [0.3, 0.4) is 0 Å². The number of esters is 1. The summed E-state index contributed by atoms with van der Waals surface area (Å²) in [5.74, 6) is -0.261. The van der Waals surface area contributed by atoms with E-state index in [1.54, 1.807) is 39.0 Å². The van der Waals surface area contributed by atoms with Gasteiger partial charge in [0.25, 0.3) is 0 Å². The first-order valence-electron chi connectivity index (χ1n) is 10.8. The lowest BCUT2D eigenvalue weighted by Crippen LogP contribution is -2.43. The molecule has 0 saturated heterocycles. The van der Waals surface area contributed by atoms with Gasteiger partial charge in [-0.25, -0.2) is 14.6 Å². The number of hydrogen-bond acceptors (Lipinski definition) is 6. The van der Waals surface area contributed by atoms with Crippen LogP contribution in [0.5, 0.6) is 5.88 Å². The molecule has 1 amide bonds. The van der Waals surface area contributed by atoms with Crippen molar-refractivity contribution in [2.24, 2.45) is 0 Å². The molecule has 1 aliphatic rings. The third-order valence-corrected chi connectivity index (χ3v) is 4.71. The summed E-state index contributed by atoms with van der Waals surface area (Å²) in [6.07, 6.45) is 5.83. The second-order valence-corrected chi connectivity index (χ2v) is 7.73. The number of amides is 1. The molecule has 36 heavy (non-hydrogen) atoms. The van der Waals surface area contributed by atoms with E-state index in [0.717, 1.165) is 12.3 Å². The van der Waals surface area contributed by atoms with Gasteiger partial charge in [-0.1, -0.05) is 28.1 Å². The number of methoxy groups -OCH3 is 1. The highest BCUT2D eigenvalue weighted by atomic mass is 79.9. The van der Waals surface area contributed by atoms with Gasteiger partial charge in [0.15, 0.2) is 6.04 Å². The summed E-state index contributed by atoms with van der Waals surface area (Å²) in [6.45, 7) is 5.49. The fraction of sp³-hybridized carbons (Fsp3) is 0.375. The minimum Gasteiger partial charge on any atom is -0.481 e. The van der Waals surface area contributed by atoms with Crippen LogP contribution in [0.25, 0.3) is 0 Å². The highest BCUT2D eigenvalue weighted by molar-refractivity contribution is 9.08. The monoisotopic (exact) mass is 575 g/mol. The number of aromatic nitrogens is 2. The number of carbonyl (C=O) groups excluding carboxylic acids is 2. The van der Waals surface area contributed by atoms with Crippen molar-refractivity contribution in [1.82, 2.24) is 14.9 Å². The fourth-order valence-electron chi connectivity index (χ4n) is 2.57. The van der Waals surface area contributed by atoms with E-state index in [1.165, 1.54) is 18.2 Å². The van der Waals surface area contributed by atoms with Crippen molar-refractivity contribution in [3.05, 3.63) is 72.3 Å². The van der Waals surface area contributed by atoms with E-state index in [-0.39, 0.29) is 23.9 Å². The quantitative estimate of drug-likeness (QED) is 0.354. The number of aromatic amines is 1. The Bertz CT molecular complexity index is 978. The summed E-state index contributed by atoms with van der Waals surface area (Å²) in [6, 6.07) is 4.15. The Balaban J connectivity index is 0.000000305.